The van der Waals surface area contributed by atoms with Gasteiger partial charge in [0.2, 0.25) is 11.8 Å². The van der Waals surface area contributed by atoms with Crippen molar-refractivity contribution in [3.63, 3.8) is 0 Å². The molecule has 135 heavy (non-hydrogen) atoms. The number of phosphoric ester groups is 2. The Kier molecular flexibility index (Phi) is 55.4. The highest BCUT2D eigenvalue weighted by molar-refractivity contribution is 8.03. The van der Waals surface area contributed by atoms with Gasteiger partial charge in [0.1, 0.15) is 13.2 Å². The fraction of sp³-hybridized carbons (Fsp3) is 0.773. The molecule has 32 nitrogen and oxygen atoms in total. The van der Waals surface area contributed by atoms with E-state index in [0.717, 1.165) is 63.7 Å². The van der Waals surface area contributed by atoms with Crippen molar-refractivity contribution in [2.24, 2.45) is 55.2 Å². The van der Waals surface area contributed by atoms with Gasteiger partial charge in [-0.2, -0.15) is 8.42 Å². The van der Waals surface area contributed by atoms with Gasteiger partial charge < -0.3 is 69.9 Å². The first kappa shape index (κ1) is 125. The van der Waals surface area contributed by atoms with Crippen molar-refractivity contribution in [2.45, 2.75) is 372 Å². The zero-order valence-electron chi connectivity index (χ0n) is 82.9. The summed E-state index contributed by atoms with van der Waals surface area (Å²) < 4.78 is 76.8. The number of fused-ring (bicyclic) bond motifs is 2. The van der Waals surface area contributed by atoms with Gasteiger partial charge in [0.05, 0.1) is 91.5 Å². The Balaban J connectivity index is 0.000000471. The average molecular weight is 2030 g/mol. The molecule has 0 radical (unpaired) electrons. The Bertz CT molecular complexity index is 3990. The van der Waals surface area contributed by atoms with Crippen LogP contribution in [0.15, 0.2) is 82.6 Å². The van der Waals surface area contributed by atoms with Crippen molar-refractivity contribution in [3.8, 4) is 0 Å². The minimum Gasteiger partial charge on any atom is -0.461 e. The number of imide groups is 2. The molecule has 4 amide bonds. The van der Waals surface area contributed by atoms with Gasteiger partial charge in [-0.3, -0.25) is 52.2 Å². The van der Waals surface area contributed by atoms with Crippen LogP contribution in [-0.4, -0.2) is 222 Å². The van der Waals surface area contributed by atoms with E-state index in [9.17, 15) is 87.2 Å². The monoisotopic (exact) mass is 2030 g/mol. The SMILES string of the molecule is CC(C)(CCC(O)CCCC(O)CCC(C)(C)C(=O)OCc1ccccc1)CC(=O)OCc1ccccc1.CC(C)(CCC(O)CCCC(O)CCC(C)(C)CN1C(=O)C=C2SCCC2C1=O)CN1C(=O)C=C2SCCC2C1=O.CC(C)(CCC(O)CCCC(O)CCC(C)(C)COP(=O)(O)O)COP(=O)(O)O.CC(C)(CCC(O)CCCC(O)CCC(C)(C)CS(=O)(=O)O)CSOOO. The number of carbonyl (C=O) groups excluding carboxylic acids is 6. The fourth-order valence-corrected chi connectivity index (χ4v) is 21.0. The number of benzene rings is 2. The van der Waals surface area contributed by atoms with Crippen LogP contribution < -0.4 is 0 Å². The van der Waals surface area contributed by atoms with Gasteiger partial charge in [-0.05, 0) is 267 Å². The van der Waals surface area contributed by atoms with E-state index in [0.29, 0.717) is 199 Å². The highest BCUT2D eigenvalue weighted by Gasteiger charge is 2.43. The van der Waals surface area contributed by atoms with Gasteiger partial charge >= 0.3 is 27.6 Å². The van der Waals surface area contributed by atoms with E-state index in [-0.39, 0.29) is 101 Å². The quantitative estimate of drug-likeness (QED) is 0.00427. The first-order chi connectivity index (χ1) is 62.4. The molecule has 778 valence electrons. The number of aliphatic hydroxyl groups is 8. The molecule has 0 aromatic heterocycles. The van der Waals surface area contributed by atoms with Crippen molar-refractivity contribution in [1.82, 2.24) is 9.80 Å². The Morgan fingerprint density at radius 1 is 0.437 bits per heavy atom. The predicted octanol–water partition coefficient (Wildman–Crippen LogP) is 17.0. The van der Waals surface area contributed by atoms with E-state index < -0.39 is 96.3 Å². The molecule has 6 rings (SSSR count). The number of phosphoric acid groups is 2. The number of aliphatic hydroxyl groups excluding tert-OH is 8. The van der Waals surface area contributed by atoms with E-state index in [1.54, 1.807) is 77.2 Å². The number of hydrogen-bond acceptors (Lipinski definition) is 28. The van der Waals surface area contributed by atoms with Gasteiger partial charge in [0.25, 0.3) is 21.9 Å². The first-order valence-electron chi connectivity index (χ1n) is 47.6. The Labute approximate surface area is 816 Å². The molecule has 10 unspecified atom stereocenters. The second-order valence-electron chi connectivity index (χ2n) is 43.3. The maximum Gasteiger partial charge on any atom is 0.469 e. The van der Waals surface area contributed by atoms with Gasteiger partial charge in [-0.15, -0.1) is 27.9 Å². The molecule has 38 heteroatoms. The molecule has 0 aliphatic carbocycles. The molecular weight excluding hydrogens is 1860 g/mol. The first-order valence-corrected chi connectivity index (χ1v) is 55.2. The third-order valence-electron chi connectivity index (χ3n) is 24.9. The molecule has 2 fully saturated rings. The van der Waals surface area contributed by atoms with Crippen LogP contribution in [0.5, 0.6) is 0 Å². The summed E-state index contributed by atoms with van der Waals surface area (Å²) in [6, 6.07) is 19.2. The molecule has 0 saturated carbocycles. The number of thioether (sulfide) groups is 2. The lowest BCUT2D eigenvalue weighted by Gasteiger charge is -2.35. The van der Waals surface area contributed by atoms with Crippen molar-refractivity contribution in [3.05, 3.63) is 93.8 Å². The van der Waals surface area contributed by atoms with Crippen molar-refractivity contribution in [2.75, 3.05) is 49.3 Å². The number of amides is 4. The average Bonchev–Trinajstić information content (AvgIpc) is 1.53. The highest BCUT2D eigenvalue weighted by Crippen LogP contribution is 2.45. The number of nitrogens with zero attached hydrogens (tertiary/aromatic N) is 2. The molecule has 4 aliphatic heterocycles. The zero-order chi connectivity index (χ0) is 102. The van der Waals surface area contributed by atoms with Crippen LogP contribution >= 0.6 is 51.2 Å². The maximum absolute atomic E-state index is 12.9. The molecule has 4 heterocycles. The van der Waals surface area contributed by atoms with Crippen LogP contribution in [0.4, 0.5) is 0 Å². The van der Waals surface area contributed by atoms with Crippen molar-refractivity contribution < 1.29 is 144 Å². The summed E-state index contributed by atoms with van der Waals surface area (Å²) in [5, 5.41) is 94.1. The standard InChI is InChI=1S/C32H46O6.C31H46N2O6S2.C17H38O10P2.C17H36O8S2/c1-31(2,22-29(35)37-23-25-12-7-5-8-13-25)20-18-27(33)16-11-17-28(34)19-21-32(3,4)30(36)38-24-26-14-9-6-10-15-26;1-30(2,18-32-26(36)16-24-22(28(32)38)10-14-40-24)12-8-20(34)6-5-7-21(35)9-13-31(3,4)19-33-27(37)17-25-23(29(33)39)11-15-41-25;1-16(2,12-26-28(20,21)22)10-8-14(18)6-5-7-15(19)9-11-17(3,4)13-27-29(23,24)25;1-16(2,12-26-25-24-20)10-8-14(18)6-5-7-15(19)9-11-17(3,4)13-27(21,22)23/h5-10,12-15,27-28,33-34H,11,16-24H2,1-4H3;16-17,20-23,34-35H,5-15,18-19H2,1-4H3;14-15,18-19H,5-13H2,1-4H3,(H2,20,21,22)(H2,23,24,25);14-15,18-20H,5-13H2,1-4H3,(H,21,22,23). The minimum absolute atomic E-state index is 0.0810. The summed E-state index contributed by atoms with van der Waals surface area (Å²) >= 11 is 4.21. The summed E-state index contributed by atoms with van der Waals surface area (Å²) in [7, 11) is -13.0. The van der Waals surface area contributed by atoms with E-state index in [1.807, 2.05) is 130 Å². The van der Waals surface area contributed by atoms with Crippen molar-refractivity contribution >= 4 is 96.9 Å². The summed E-state index contributed by atoms with van der Waals surface area (Å²) in [5.41, 5.74) is -1.29. The molecule has 2 aromatic carbocycles. The zero-order valence-corrected chi connectivity index (χ0v) is 88.0. The third kappa shape index (κ3) is 57.1. The van der Waals surface area contributed by atoms with Gasteiger partial charge in [-0.1, -0.05) is 163 Å². The van der Waals surface area contributed by atoms with Crippen LogP contribution in [0.3, 0.4) is 0 Å². The molecule has 0 spiro atoms. The fourth-order valence-electron chi connectivity index (χ4n) is 15.9. The summed E-state index contributed by atoms with van der Waals surface area (Å²) in [5.74, 6) is 0.585. The van der Waals surface area contributed by atoms with E-state index in [1.165, 1.54) is 9.80 Å². The number of hydrogen-bond donors (Lipinski definition) is 14. The lowest BCUT2D eigenvalue weighted by Crippen LogP contribution is -2.47. The number of rotatable bonds is 63. The smallest absolute Gasteiger partial charge is 0.461 e. The Morgan fingerprint density at radius 3 is 1.07 bits per heavy atom. The second-order valence-corrected chi connectivity index (χ2v) is 50.3. The van der Waals surface area contributed by atoms with E-state index in [4.69, 9.17) is 38.9 Å². The molecular formula is C97H166N2O30P2S4. The molecule has 0 bridgehead atoms. The normalized spacial score (nSPS) is 17.9. The lowest BCUT2D eigenvalue weighted by molar-refractivity contribution is -0.432. The van der Waals surface area contributed by atoms with E-state index >= 15 is 0 Å². The highest BCUT2D eigenvalue weighted by atomic mass is 32.2. The number of ether oxygens (including phenoxy) is 2. The number of carbonyl (C=O) groups is 6. The largest absolute Gasteiger partial charge is 0.469 e. The summed E-state index contributed by atoms with van der Waals surface area (Å²) in [6.45, 7) is 31.6. The van der Waals surface area contributed by atoms with Gasteiger partial charge in [-0.25, -0.2) is 14.4 Å². The van der Waals surface area contributed by atoms with Crippen LogP contribution in [0.2, 0.25) is 0 Å². The summed E-state index contributed by atoms with van der Waals surface area (Å²) in [6.07, 6.45) is 17.2. The molecule has 10 atom stereocenters. The molecule has 2 saturated heterocycles. The minimum atomic E-state index is -4.51. The van der Waals surface area contributed by atoms with Gasteiger partial charge in [0.15, 0.2) is 0 Å². The van der Waals surface area contributed by atoms with Crippen LogP contribution in [0.25, 0.3) is 0 Å². The Hall–Kier alpha value is -4.12. The van der Waals surface area contributed by atoms with Crippen LogP contribution in [-0.2, 0) is 89.1 Å². The van der Waals surface area contributed by atoms with Crippen LogP contribution in [0, 0.1) is 55.2 Å². The second kappa shape index (κ2) is 59.8. The van der Waals surface area contributed by atoms with Crippen LogP contribution in [0.1, 0.15) is 321 Å². The van der Waals surface area contributed by atoms with Gasteiger partial charge in [0, 0.05) is 52.8 Å². The molecule has 14 N–H and O–H groups in total. The molecule has 4 aliphatic rings. The molecule has 2 aromatic rings. The maximum atomic E-state index is 12.9. The predicted molar refractivity (Wildman–Crippen MR) is 525 cm³/mol. The van der Waals surface area contributed by atoms with E-state index in [2.05, 4.69) is 18.4 Å². The summed E-state index contributed by atoms with van der Waals surface area (Å²) in [4.78, 5) is 115. The van der Waals surface area contributed by atoms with Crippen molar-refractivity contribution in [1.29, 1.82) is 0 Å². The Morgan fingerprint density at radius 2 is 0.741 bits per heavy atom. The third-order valence-corrected chi connectivity index (χ3v) is 30.3. The number of esters is 2. The lowest BCUT2D eigenvalue weighted by atomic mass is 9.83. The topological polar surface area (TPSA) is 516 Å².